The van der Waals surface area contributed by atoms with Crippen molar-refractivity contribution in [3.8, 4) is 11.6 Å². The maximum absolute atomic E-state index is 12.2. The Kier molecular flexibility index (Phi) is 7.79. The SMILES string of the molecule is CC(=O)N1C[C@H]2CC(c3ccc(OCCOc4c(Cl)cc(C)cc4Cl)nc3)=C(C(=O)O)[C@@H](C1)N2C(=O)O. The van der Waals surface area contributed by atoms with E-state index in [1.165, 1.54) is 18.0 Å². The number of rotatable bonds is 7. The van der Waals surface area contributed by atoms with Gasteiger partial charge in [-0.1, -0.05) is 23.2 Å². The average molecular weight is 550 g/mol. The molecule has 0 unspecified atom stereocenters. The van der Waals surface area contributed by atoms with E-state index in [0.717, 1.165) is 10.5 Å². The van der Waals surface area contributed by atoms with Crippen molar-refractivity contribution in [2.75, 3.05) is 26.3 Å². The lowest BCUT2D eigenvalue weighted by Gasteiger charge is -2.49. The van der Waals surface area contributed by atoms with Crippen molar-refractivity contribution < 1.29 is 34.1 Å². The molecule has 2 aliphatic heterocycles. The molecule has 4 rings (SSSR count). The fourth-order valence-electron chi connectivity index (χ4n) is 4.76. The van der Waals surface area contributed by atoms with Gasteiger partial charge in [-0.15, -0.1) is 0 Å². The molecule has 0 radical (unpaired) electrons. The third-order valence-corrected chi connectivity index (χ3v) is 6.92. The standard InChI is InChI=1S/C25H25Cl2N3O7/c1-13-7-18(26)23(19(27)8-13)37-6-5-36-21-4-3-15(10-28-21)17-9-16-11-29(14(2)31)12-20(22(17)24(32)33)30(16)25(34)35/h3-4,7-8,10,16,20H,5-6,9,11-12H2,1-2H3,(H,32,33)(H,34,35)/t16-,20-/m1/s1. The number of carboxylic acid groups (broad SMARTS) is 2. The van der Waals surface area contributed by atoms with Gasteiger partial charge in [-0.3, -0.25) is 9.69 Å². The Morgan fingerprint density at radius 2 is 1.76 bits per heavy atom. The average Bonchev–Trinajstić information content (AvgIpc) is 2.81. The third-order valence-electron chi connectivity index (χ3n) is 6.36. The molecule has 1 saturated heterocycles. The van der Waals surface area contributed by atoms with Crippen LogP contribution in [0.1, 0.15) is 24.5 Å². The van der Waals surface area contributed by atoms with E-state index >= 15 is 0 Å². The van der Waals surface area contributed by atoms with E-state index in [-0.39, 0.29) is 44.2 Å². The van der Waals surface area contributed by atoms with Gasteiger partial charge < -0.3 is 24.6 Å². The van der Waals surface area contributed by atoms with E-state index in [4.69, 9.17) is 32.7 Å². The van der Waals surface area contributed by atoms with Gasteiger partial charge in [0.1, 0.15) is 13.2 Å². The van der Waals surface area contributed by atoms with E-state index in [1.54, 1.807) is 24.3 Å². The lowest BCUT2D eigenvalue weighted by atomic mass is 9.82. The smallest absolute Gasteiger partial charge is 0.408 e. The van der Waals surface area contributed by atoms with Crippen LogP contribution < -0.4 is 9.47 Å². The van der Waals surface area contributed by atoms with Gasteiger partial charge in [-0.2, -0.15) is 0 Å². The minimum atomic E-state index is -1.24. The Hall–Kier alpha value is -3.50. The maximum atomic E-state index is 12.2. The molecule has 2 aliphatic rings. The molecular weight excluding hydrogens is 525 g/mol. The molecule has 2 amide bonds. The number of aryl methyl sites for hydroxylation is 1. The number of carbonyl (C=O) groups excluding carboxylic acids is 1. The van der Waals surface area contributed by atoms with E-state index < -0.39 is 24.1 Å². The summed E-state index contributed by atoms with van der Waals surface area (Å²) in [6, 6.07) is 5.24. The number of aliphatic carboxylic acids is 1. The fourth-order valence-corrected chi connectivity index (χ4v) is 5.46. The number of nitrogens with zero attached hydrogens (tertiary/aromatic N) is 3. The number of halogens is 2. The van der Waals surface area contributed by atoms with Gasteiger partial charge in [0.15, 0.2) is 5.75 Å². The lowest BCUT2D eigenvalue weighted by Crippen LogP contribution is -2.64. The second-order valence-electron chi connectivity index (χ2n) is 8.82. The van der Waals surface area contributed by atoms with Crippen LogP contribution in [-0.2, 0) is 9.59 Å². The highest BCUT2D eigenvalue weighted by molar-refractivity contribution is 6.37. The third kappa shape index (κ3) is 5.60. The first-order valence-corrected chi connectivity index (χ1v) is 12.2. The van der Waals surface area contributed by atoms with Crippen LogP contribution in [0.2, 0.25) is 10.0 Å². The summed E-state index contributed by atoms with van der Waals surface area (Å²) in [5.74, 6) is -0.791. The van der Waals surface area contributed by atoms with Crippen molar-refractivity contribution >= 4 is 46.7 Å². The number of fused-ring (bicyclic) bond motifs is 2. The lowest BCUT2D eigenvalue weighted by molar-refractivity contribution is -0.137. The van der Waals surface area contributed by atoms with Crippen molar-refractivity contribution in [3.63, 3.8) is 0 Å². The molecule has 0 saturated carbocycles. The van der Waals surface area contributed by atoms with E-state index in [0.29, 0.717) is 32.8 Å². The first-order chi connectivity index (χ1) is 17.6. The second-order valence-corrected chi connectivity index (χ2v) is 9.64. The molecule has 0 aliphatic carbocycles. The van der Waals surface area contributed by atoms with Crippen LogP contribution in [-0.4, -0.2) is 81.4 Å². The Bertz CT molecular complexity index is 1240. The number of carbonyl (C=O) groups is 3. The number of hydrogen-bond acceptors (Lipinski definition) is 6. The highest BCUT2D eigenvalue weighted by Gasteiger charge is 2.47. The normalized spacial score (nSPS) is 19.0. The van der Waals surface area contributed by atoms with E-state index in [9.17, 15) is 24.6 Å². The van der Waals surface area contributed by atoms with Gasteiger partial charge in [0.2, 0.25) is 11.8 Å². The van der Waals surface area contributed by atoms with Crippen molar-refractivity contribution in [2.45, 2.75) is 32.4 Å². The molecule has 1 aromatic carbocycles. The van der Waals surface area contributed by atoms with Crippen LogP contribution in [0.4, 0.5) is 4.79 Å². The zero-order valence-corrected chi connectivity index (χ0v) is 21.6. The van der Waals surface area contributed by atoms with Gasteiger partial charge in [0.25, 0.3) is 0 Å². The number of piperazine rings is 1. The summed E-state index contributed by atoms with van der Waals surface area (Å²) in [7, 11) is 0. The number of hydrogen-bond donors (Lipinski definition) is 2. The Balaban J connectivity index is 1.48. The molecule has 37 heavy (non-hydrogen) atoms. The van der Waals surface area contributed by atoms with Crippen molar-refractivity contribution in [1.29, 1.82) is 0 Å². The minimum Gasteiger partial charge on any atom is -0.487 e. The predicted molar refractivity (Wildman–Crippen MR) is 135 cm³/mol. The van der Waals surface area contributed by atoms with Crippen LogP contribution in [0.5, 0.6) is 11.6 Å². The summed E-state index contributed by atoms with van der Waals surface area (Å²) >= 11 is 12.4. The summed E-state index contributed by atoms with van der Waals surface area (Å²) in [6.07, 6.45) is 0.423. The minimum absolute atomic E-state index is 0.0209. The zero-order valence-electron chi connectivity index (χ0n) is 20.1. The zero-order chi connectivity index (χ0) is 26.9. The molecule has 1 aromatic heterocycles. The highest BCUT2D eigenvalue weighted by Crippen LogP contribution is 2.38. The van der Waals surface area contributed by atoms with Crippen LogP contribution in [0.15, 0.2) is 36.0 Å². The Labute approximate surface area is 223 Å². The van der Waals surface area contributed by atoms with Crippen LogP contribution >= 0.6 is 23.2 Å². The molecule has 0 spiro atoms. The largest absolute Gasteiger partial charge is 0.487 e. The van der Waals surface area contributed by atoms with Crippen molar-refractivity contribution in [3.05, 3.63) is 57.2 Å². The van der Waals surface area contributed by atoms with Crippen LogP contribution in [0, 0.1) is 6.92 Å². The number of ether oxygens (including phenoxy) is 2. The first-order valence-electron chi connectivity index (χ1n) is 11.5. The van der Waals surface area contributed by atoms with Gasteiger partial charge in [-0.25, -0.2) is 14.6 Å². The Morgan fingerprint density at radius 1 is 1.08 bits per heavy atom. The molecule has 2 bridgehead atoms. The molecule has 2 aromatic rings. The number of benzene rings is 1. The molecule has 2 N–H and O–H groups in total. The maximum Gasteiger partial charge on any atom is 0.408 e. The topological polar surface area (TPSA) is 130 Å². The highest BCUT2D eigenvalue weighted by atomic mass is 35.5. The summed E-state index contributed by atoms with van der Waals surface area (Å²) in [4.78, 5) is 43.0. The Morgan fingerprint density at radius 3 is 2.32 bits per heavy atom. The van der Waals surface area contributed by atoms with Gasteiger partial charge >= 0.3 is 12.1 Å². The van der Waals surface area contributed by atoms with Crippen LogP contribution in [0.25, 0.3) is 5.57 Å². The number of carboxylic acids is 1. The fraction of sp³-hybridized carbons (Fsp3) is 0.360. The van der Waals surface area contributed by atoms with Gasteiger partial charge in [0.05, 0.1) is 27.7 Å². The monoisotopic (exact) mass is 549 g/mol. The molecule has 1 fully saturated rings. The predicted octanol–water partition coefficient (Wildman–Crippen LogP) is 3.98. The number of pyridine rings is 1. The quantitative estimate of drug-likeness (QED) is 0.496. The number of aromatic nitrogens is 1. The summed E-state index contributed by atoms with van der Waals surface area (Å²) < 4.78 is 11.3. The summed E-state index contributed by atoms with van der Waals surface area (Å²) in [6.45, 7) is 3.76. The van der Waals surface area contributed by atoms with Crippen LogP contribution in [0.3, 0.4) is 0 Å². The first kappa shape index (κ1) is 26.6. The summed E-state index contributed by atoms with van der Waals surface area (Å²) in [5.41, 5.74) is 1.91. The molecular formula is C25H25Cl2N3O7. The molecule has 10 nitrogen and oxygen atoms in total. The molecule has 12 heteroatoms. The van der Waals surface area contributed by atoms with Crippen molar-refractivity contribution in [1.82, 2.24) is 14.8 Å². The molecule has 2 atom stereocenters. The molecule has 3 heterocycles. The molecule has 196 valence electrons. The summed E-state index contributed by atoms with van der Waals surface area (Å²) in [5, 5.41) is 20.5. The second kappa shape index (κ2) is 10.9. The number of amides is 2. The van der Waals surface area contributed by atoms with E-state index in [2.05, 4.69) is 4.98 Å². The van der Waals surface area contributed by atoms with Gasteiger partial charge in [0, 0.05) is 32.3 Å². The van der Waals surface area contributed by atoms with Crippen molar-refractivity contribution in [2.24, 2.45) is 0 Å². The van der Waals surface area contributed by atoms with Gasteiger partial charge in [-0.05, 0) is 48.2 Å². The van der Waals surface area contributed by atoms with E-state index in [1.807, 2.05) is 6.92 Å².